The van der Waals surface area contributed by atoms with Gasteiger partial charge in [0.25, 0.3) is 0 Å². The van der Waals surface area contributed by atoms with Crippen LogP contribution in [0.2, 0.25) is 0 Å². The van der Waals surface area contributed by atoms with Gasteiger partial charge in [0.2, 0.25) is 0 Å². The fourth-order valence-electron chi connectivity index (χ4n) is 13.6. The molecule has 0 aliphatic rings. The van der Waals surface area contributed by atoms with E-state index >= 15 is 0 Å². The Morgan fingerprint density at radius 1 is 0.163 bits per heavy atom. The average molecular weight is 1100 g/mol. The number of hydrogen-bond donors (Lipinski definition) is 0. The highest BCUT2D eigenvalue weighted by Gasteiger charge is 2.23. The van der Waals surface area contributed by atoms with E-state index in [1.165, 1.54) is 43.1 Å². The van der Waals surface area contributed by atoms with Crippen LogP contribution in [-0.2, 0) is 0 Å². The normalized spacial score (nSPS) is 12.0. The molecule has 12 aromatic carbocycles. The molecule has 0 aliphatic carbocycles. The third-order valence-corrected chi connectivity index (χ3v) is 17.4. The average Bonchev–Trinajstić information content (AvgIpc) is 1.78. The highest BCUT2D eigenvalue weighted by atomic mass is 15.0. The van der Waals surface area contributed by atoms with Crippen molar-refractivity contribution in [2.75, 3.05) is 0 Å². The molecule has 0 atom stereocenters. The molecule has 0 amide bonds. The fourth-order valence-corrected chi connectivity index (χ4v) is 13.6. The number of benzene rings is 12. The molecule has 0 unspecified atom stereocenters. The van der Waals surface area contributed by atoms with Crippen LogP contribution in [0.5, 0.6) is 0 Å². The minimum Gasteiger partial charge on any atom is -0.309 e. The van der Waals surface area contributed by atoms with E-state index in [1.807, 2.05) is 0 Å². The molecule has 6 aromatic heterocycles. The molecule has 86 heavy (non-hydrogen) atoms. The molecule has 0 bridgehead atoms. The maximum Gasteiger partial charge on any atom is 0.199 e. The van der Waals surface area contributed by atoms with E-state index in [0.29, 0.717) is 34.1 Å². The topological polar surface area (TPSA) is 71.3 Å². The van der Waals surface area contributed by atoms with Crippen LogP contribution in [-0.4, -0.2) is 38.2 Å². The third-order valence-electron chi connectivity index (χ3n) is 17.4. The Morgan fingerprint density at radius 2 is 0.314 bits per heavy atom. The summed E-state index contributed by atoms with van der Waals surface area (Å²) in [4.78, 5) is 22.3. The summed E-state index contributed by atoms with van der Waals surface area (Å²) in [6.07, 6.45) is 0. The molecule has 8 nitrogen and oxygen atoms in total. The van der Waals surface area contributed by atoms with Crippen LogP contribution in [0.4, 0.5) is 0 Å². The fraction of sp³-hybridized carbons (Fsp3) is 0. The van der Waals surface area contributed by atoms with Gasteiger partial charge in [-0.1, -0.05) is 194 Å². The quantitative estimate of drug-likeness (QED) is 0.152. The zero-order valence-electron chi connectivity index (χ0n) is 46.3. The molecule has 18 aromatic rings. The number of aromatic nitrogens is 8. The second-order valence-electron chi connectivity index (χ2n) is 22.2. The first-order valence-corrected chi connectivity index (χ1v) is 29.1. The van der Waals surface area contributed by atoms with Crippen molar-refractivity contribution in [1.82, 2.24) is 38.2 Å². The Morgan fingerprint density at radius 3 is 0.477 bits per heavy atom. The van der Waals surface area contributed by atoms with Gasteiger partial charge in [-0.15, -0.1) is 0 Å². The highest BCUT2D eigenvalue weighted by Crippen LogP contribution is 2.41. The highest BCUT2D eigenvalue weighted by molar-refractivity contribution is 6.12. The second-order valence-corrected chi connectivity index (χ2v) is 22.2. The van der Waals surface area contributed by atoms with Crippen molar-refractivity contribution in [2.24, 2.45) is 0 Å². The van der Waals surface area contributed by atoms with Gasteiger partial charge in [0.15, 0.2) is 11.3 Å². The lowest BCUT2D eigenvalue weighted by atomic mass is 10.0. The van der Waals surface area contributed by atoms with Gasteiger partial charge in [-0.3, -0.25) is 0 Å². The van der Waals surface area contributed by atoms with Crippen molar-refractivity contribution < 1.29 is 0 Å². The summed E-state index contributed by atoms with van der Waals surface area (Å²) >= 11 is 0. The first kappa shape index (κ1) is 47.9. The van der Waals surface area contributed by atoms with Gasteiger partial charge in [0.1, 0.15) is 0 Å². The van der Waals surface area contributed by atoms with Gasteiger partial charge in [0.05, 0.1) is 66.9 Å². The Balaban J connectivity index is 0.832. The molecule has 0 saturated carbocycles. The van der Waals surface area contributed by atoms with Crippen molar-refractivity contribution in [2.45, 2.75) is 0 Å². The van der Waals surface area contributed by atoms with Crippen molar-refractivity contribution in [3.63, 3.8) is 0 Å². The number of hydrogen-bond acceptors (Lipinski definition) is 4. The van der Waals surface area contributed by atoms with Crippen molar-refractivity contribution >= 4 is 98.5 Å². The molecule has 8 heteroatoms. The van der Waals surface area contributed by atoms with E-state index < -0.39 is 0 Å². The third kappa shape index (κ3) is 7.30. The summed E-state index contributed by atoms with van der Waals surface area (Å²) < 4.78 is 9.37. The first-order valence-electron chi connectivity index (χ1n) is 29.1. The van der Waals surface area contributed by atoms with Crippen LogP contribution in [0.15, 0.2) is 291 Å². The van der Waals surface area contributed by atoms with Crippen molar-refractivity contribution in [3.8, 4) is 67.8 Å². The Labute approximate surface area is 493 Å². The van der Waals surface area contributed by atoms with Gasteiger partial charge in [-0.2, -0.15) is 0 Å². The van der Waals surface area contributed by atoms with E-state index in [4.69, 9.17) is 19.9 Å². The summed E-state index contributed by atoms with van der Waals surface area (Å²) in [5, 5.41) is 9.73. The van der Waals surface area contributed by atoms with Gasteiger partial charge in [-0.25, -0.2) is 19.9 Å². The van der Waals surface area contributed by atoms with Crippen LogP contribution in [0, 0.1) is 0 Å². The number of fused-ring (bicyclic) bond motifs is 13. The minimum atomic E-state index is 0.448. The molecule has 0 spiro atoms. The first-order chi connectivity index (χ1) is 42.7. The second kappa shape index (κ2) is 18.9. The van der Waals surface area contributed by atoms with Gasteiger partial charge in [0, 0.05) is 88.1 Å². The summed E-state index contributed by atoms with van der Waals surface area (Å²) in [6, 6.07) is 104. The monoisotopic (exact) mass is 1100 g/mol. The summed E-state index contributed by atoms with van der Waals surface area (Å²) in [6.45, 7) is 0. The largest absolute Gasteiger partial charge is 0.309 e. The predicted octanol–water partition coefficient (Wildman–Crippen LogP) is 19.5. The summed E-state index contributed by atoms with van der Waals surface area (Å²) in [5.41, 5.74) is 20.8. The standard InChI is InChI=1S/C78H48N8/c1-9-25-65-57(17-1)58-18-2-10-26-66(58)83(65)53-41-33-49(34-42-53)73-74(50-35-43-54(44-36-50)84-67-27-11-3-19-59(67)60-20-4-12-28-68(60)84)80-78-77(79-73)81-75(51-37-45-55(46-38-51)85-69-29-13-5-21-61(69)62-22-6-14-30-70(62)85)76(82-78)52-39-47-56(48-40-52)86-71-31-15-7-23-63(71)64-24-8-16-32-72(64)86/h1-48H. The van der Waals surface area contributed by atoms with Gasteiger partial charge >= 0.3 is 0 Å². The lowest BCUT2D eigenvalue weighted by Gasteiger charge is -2.15. The van der Waals surface area contributed by atoms with Crippen LogP contribution in [0.25, 0.3) is 166 Å². The van der Waals surface area contributed by atoms with E-state index in [1.54, 1.807) is 0 Å². The smallest absolute Gasteiger partial charge is 0.199 e. The Kier molecular flexibility index (Phi) is 10.5. The van der Waals surface area contributed by atoms with Crippen molar-refractivity contribution in [3.05, 3.63) is 291 Å². The molecule has 0 N–H and O–H groups in total. The Bertz CT molecular complexity index is 4820. The molecule has 0 aliphatic heterocycles. The van der Waals surface area contributed by atoms with Crippen LogP contribution in [0.1, 0.15) is 0 Å². The molecular weight excluding hydrogens is 1050 g/mol. The van der Waals surface area contributed by atoms with Crippen LogP contribution >= 0.6 is 0 Å². The lowest BCUT2D eigenvalue weighted by molar-refractivity contribution is 1.15. The zero-order chi connectivity index (χ0) is 56.4. The molecule has 0 saturated heterocycles. The maximum atomic E-state index is 5.57. The predicted molar refractivity (Wildman–Crippen MR) is 354 cm³/mol. The van der Waals surface area contributed by atoms with Gasteiger partial charge in [-0.05, 0) is 97.1 Å². The molecule has 18 rings (SSSR count). The number of nitrogens with zero attached hydrogens (tertiary/aromatic N) is 8. The minimum absolute atomic E-state index is 0.448. The van der Waals surface area contributed by atoms with Crippen LogP contribution < -0.4 is 0 Å². The molecule has 0 radical (unpaired) electrons. The SMILES string of the molecule is c1ccc2c(c1)c1ccccc1n2-c1ccc(-c2nc3nc(-c4ccc(-n5c6ccccc6c6ccccc65)cc4)c(-c4ccc(-n5c6ccccc6c6ccccc65)cc4)nc3nc2-c2ccc(-n3c4ccccc4c4ccccc43)cc2)cc1. The zero-order valence-corrected chi connectivity index (χ0v) is 46.3. The molecule has 400 valence electrons. The molecular formula is C78H48N8. The molecule has 0 fully saturated rings. The van der Waals surface area contributed by atoms with Crippen molar-refractivity contribution in [1.29, 1.82) is 0 Å². The van der Waals surface area contributed by atoms with Gasteiger partial charge < -0.3 is 18.3 Å². The van der Waals surface area contributed by atoms with E-state index in [-0.39, 0.29) is 0 Å². The number of para-hydroxylation sites is 8. The van der Waals surface area contributed by atoms with E-state index in [0.717, 1.165) is 89.1 Å². The maximum absolute atomic E-state index is 5.57. The summed E-state index contributed by atoms with van der Waals surface area (Å²) in [5.74, 6) is 0. The number of rotatable bonds is 8. The van der Waals surface area contributed by atoms with E-state index in [2.05, 4.69) is 309 Å². The lowest BCUT2D eigenvalue weighted by Crippen LogP contribution is -2.03. The summed E-state index contributed by atoms with van der Waals surface area (Å²) in [7, 11) is 0. The van der Waals surface area contributed by atoms with Crippen LogP contribution in [0.3, 0.4) is 0 Å². The Hall–Kier alpha value is -11.7. The van der Waals surface area contributed by atoms with E-state index in [9.17, 15) is 0 Å². The molecule has 6 heterocycles.